The molecule has 2 aromatic heterocycles. The number of nitrogens with one attached hydrogen (secondary N) is 2. The molecule has 0 spiro atoms. The Kier molecular flexibility index (Phi) is 9.21. The predicted octanol–water partition coefficient (Wildman–Crippen LogP) is 4.14. The first kappa shape index (κ1) is 22.6. The Bertz CT molecular complexity index is 747. The number of aromatic nitrogens is 3. The first-order valence-electron chi connectivity index (χ1n) is 10.1. The summed E-state index contributed by atoms with van der Waals surface area (Å²) in [7, 11) is 1.82. The van der Waals surface area contributed by atoms with Crippen LogP contribution in [0.3, 0.4) is 0 Å². The molecule has 0 unspecified atom stereocenters. The Morgan fingerprint density at radius 2 is 2.00 bits per heavy atom. The van der Waals surface area contributed by atoms with E-state index >= 15 is 0 Å². The molecule has 0 bridgehead atoms. The molecule has 0 amide bonds. The fourth-order valence-electron chi connectivity index (χ4n) is 3.81. The molecular weight excluding hydrogens is 463 g/mol. The third-order valence-corrected chi connectivity index (χ3v) is 5.28. The van der Waals surface area contributed by atoms with Crippen LogP contribution < -0.4 is 10.6 Å². The predicted molar refractivity (Wildman–Crippen MR) is 126 cm³/mol. The summed E-state index contributed by atoms with van der Waals surface area (Å²) in [6.07, 6.45) is 10.1. The fourth-order valence-corrected chi connectivity index (χ4v) is 3.81. The van der Waals surface area contributed by atoms with Gasteiger partial charge in [0.2, 0.25) is 0 Å². The van der Waals surface area contributed by atoms with Crippen molar-refractivity contribution in [3.05, 3.63) is 41.3 Å². The Morgan fingerprint density at radius 3 is 2.61 bits per heavy atom. The number of guanidine groups is 1. The largest absolute Gasteiger partial charge is 0.356 e. The van der Waals surface area contributed by atoms with Gasteiger partial charge in [0.1, 0.15) is 0 Å². The molecule has 2 N–H and O–H groups in total. The van der Waals surface area contributed by atoms with Gasteiger partial charge in [0.05, 0.1) is 5.69 Å². The molecule has 0 aromatic carbocycles. The zero-order chi connectivity index (χ0) is 19.1. The Balaban J connectivity index is 0.00000280. The summed E-state index contributed by atoms with van der Waals surface area (Å²) < 4.78 is 1.87. The normalized spacial score (nSPS) is 14.8. The summed E-state index contributed by atoms with van der Waals surface area (Å²) in [6, 6.07) is 6.15. The van der Waals surface area contributed by atoms with Gasteiger partial charge in [0.15, 0.2) is 11.8 Å². The lowest BCUT2D eigenvalue weighted by atomic mass is 10.0. The number of hydrogen-bond acceptors (Lipinski definition) is 3. The van der Waals surface area contributed by atoms with Crippen molar-refractivity contribution >= 4 is 29.9 Å². The molecule has 2 aromatic rings. The molecule has 1 aliphatic carbocycles. The lowest BCUT2D eigenvalue weighted by molar-refractivity contribution is 0.481. The van der Waals surface area contributed by atoms with E-state index in [9.17, 15) is 0 Å². The van der Waals surface area contributed by atoms with Crippen LogP contribution in [0.4, 0.5) is 0 Å². The second kappa shape index (κ2) is 11.4. The molecular formula is C21H33IN6. The minimum absolute atomic E-state index is 0. The molecule has 7 heteroatoms. The lowest BCUT2D eigenvalue weighted by Crippen LogP contribution is -2.37. The summed E-state index contributed by atoms with van der Waals surface area (Å²) in [5, 5.41) is 11.3. The summed E-state index contributed by atoms with van der Waals surface area (Å²) in [5.74, 6) is 2.65. The molecule has 1 aliphatic rings. The molecule has 1 saturated carbocycles. The monoisotopic (exact) mass is 496 g/mol. The van der Waals surface area contributed by atoms with Crippen molar-refractivity contribution in [3.8, 4) is 5.82 Å². The van der Waals surface area contributed by atoms with Crippen LogP contribution in [-0.2, 0) is 6.54 Å². The van der Waals surface area contributed by atoms with Crippen LogP contribution in [0.5, 0.6) is 0 Å². The topological polar surface area (TPSA) is 67.1 Å². The first-order chi connectivity index (χ1) is 13.2. The maximum absolute atomic E-state index is 4.55. The summed E-state index contributed by atoms with van der Waals surface area (Å²) in [4.78, 5) is 8.86. The Hall–Kier alpha value is -1.64. The maximum Gasteiger partial charge on any atom is 0.191 e. The minimum Gasteiger partial charge on any atom is -0.356 e. The number of aryl methyl sites for hydroxylation is 2. The third-order valence-electron chi connectivity index (χ3n) is 5.28. The van der Waals surface area contributed by atoms with Gasteiger partial charge in [-0.05, 0) is 50.3 Å². The van der Waals surface area contributed by atoms with Gasteiger partial charge < -0.3 is 10.6 Å². The highest BCUT2D eigenvalue weighted by atomic mass is 127. The van der Waals surface area contributed by atoms with Crippen LogP contribution in [0.15, 0.2) is 29.4 Å². The van der Waals surface area contributed by atoms with Crippen molar-refractivity contribution in [1.29, 1.82) is 0 Å². The SMILES string of the molecule is CN=C(NCCCC1CCCC1)NCc1ccc(-n2nc(C)cc2C)nc1.I. The molecule has 2 heterocycles. The second-order valence-corrected chi connectivity index (χ2v) is 7.51. The van der Waals surface area contributed by atoms with Gasteiger partial charge in [-0.15, -0.1) is 24.0 Å². The van der Waals surface area contributed by atoms with Crippen molar-refractivity contribution in [2.45, 2.75) is 58.9 Å². The van der Waals surface area contributed by atoms with E-state index in [1.54, 1.807) is 0 Å². The second-order valence-electron chi connectivity index (χ2n) is 7.51. The van der Waals surface area contributed by atoms with Gasteiger partial charge in [0, 0.05) is 32.0 Å². The van der Waals surface area contributed by atoms with E-state index < -0.39 is 0 Å². The lowest BCUT2D eigenvalue weighted by Gasteiger charge is -2.13. The molecule has 6 nitrogen and oxygen atoms in total. The van der Waals surface area contributed by atoms with Crippen LogP contribution in [0.2, 0.25) is 0 Å². The Labute approximate surface area is 185 Å². The summed E-state index contributed by atoms with van der Waals surface area (Å²) in [6.45, 7) is 5.71. The highest BCUT2D eigenvalue weighted by Crippen LogP contribution is 2.28. The van der Waals surface area contributed by atoms with Crippen molar-refractivity contribution in [1.82, 2.24) is 25.4 Å². The maximum atomic E-state index is 4.55. The molecule has 1 fully saturated rings. The molecule has 0 atom stereocenters. The first-order valence-corrected chi connectivity index (χ1v) is 10.1. The van der Waals surface area contributed by atoms with Crippen LogP contribution in [-0.4, -0.2) is 34.3 Å². The quantitative estimate of drug-likeness (QED) is 0.262. The number of nitrogens with zero attached hydrogens (tertiary/aromatic N) is 4. The molecule has 154 valence electrons. The molecule has 3 rings (SSSR count). The van der Waals surface area contributed by atoms with Gasteiger partial charge >= 0.3 is 0 Å². The summed E-state index contributed by atoms with van der Waals surface area (Å²) >= 11 is 0. The van der Waals surface area contributed by atoms with Gasteiger partial charge in [-0.1, -0.05) is 31.7 Å². The third kappa shape index (κ3) is 6.46. The van der Waals surface area contributed by atoms with E-state index in [0.29, 0.717) is 6.54 Å². The number of halogens is 1. The average Bonchev–Trinajstić information content (AvgIpc) is 3.31. The van der Waals surface area contributed by atoms with Gasteiger partial charge in [-0.3, -0.25) is 4.99 Å². The number of pyridine rings is 1. The van der Waals surface area contributed by atoms with Gasteiger partial charge in [0.25, 0.3) is 0 Å². The number of rotatable bonds is 7. The highest BCUT2D eigenvalue weighted by molar-refractivity contribution is 14.0. The zero-order valence-electron chi connectivity index (χ0n) is 17.2. The van der Waals surface area contributed by atoms with E-state index in [1.165, 1.54) is 38.5 Å². The standard InChI is InChI=1S/C21H32N6.HI/c1-16-13-17(2)27(26-16)20-11-10-19(14-24-20)15-25-21(22-3)23-12-6-9-18-7-4-5-8-18;/h10-11,13-14,18H,4-9,12,15H2,1-3H3,(H2,22,23,25);1H. The van der Waals surface area contributed by atoms with E-state index in [2.05, 4.69) is 37.8 Å². The highest BCUT2D eigenvalue weighted by Gasteiger charge is 2.14. The van der Waals surface area contributed by atoms with E-state index in [1.807, 2.05) is 37.8 Å². The Morgan fingerprint density at radius 1 is 1.21 bits per heavy atom. The van der Waals surface area contributed by atoms with Crippen molar-refractivity contribution < 1.29 is 0 Å². The van der Waals surface area contributed by atoms with Crippen molar-refractivity contribution in [2.75, 3.05) is 13.6 Å². The zero-order valence-corrected chi connectivity index (χ0v) is 19.6. The molecule has 0 radical (unpaired) electrons. The fraction of sp³-hybridized carbons (Fsp3) is 0.571. The van der Waals surface area contributed by atoms with E-state index in [0.717, 1.165) is 41.2 Å². The van der Waals surface area contributed by atoms with Crippen LogP contribution in [0.25, 0.3) is 5.82 Å². The molecule has 0 aliphatic heterocycles. The average molecular weight is 496 g/mol. The van der Waals surface area contributed by atoms with Crippen LogP contribution in [0, 0.1) is 19.8 Å². The molecule has 0 saturated heterocycles. The van der Waals surface area contributed by atoms with Gasteiger partial charge in [-0.2, -0.15) is 5.10 Å². The van der Waals surface area contributed by atoms with E-state index in [4.69, 9.17) is 0 Å². The minimum atomic E-state index is 0. The summed E-state index contributed by atoms with van der Waals surface area (Å²) in [5.41, 5.74) is 3.21. The number of aliphatic imine (C=N–C) groups is 1. The smallest absolute Gasteiger partial charge is 0.191 e. The number of hydrogen-bond donors (Lipinski definition) is 2. The van der Waals surface area contributed by atoms with Gasteiger partial charge in [-0.25, -0.2) is 9.67 Å². The van der Waals surface area contributed by atoms with Crippen molar-refractivity contribution in [2.24, 2.45) is 10.9 Å². The van der Waals surface area contributed by atoms with Crippen LogP contribution >= 0.6 is 24.0 Å². The molecule has 28 heavy (non-hydrogen) atoms. The van der Waals surface area contributed by atoms with Crippen LogP contribution in [0.1, 0.15) is 55.5 Å². The van der Waals surface area contributed by atoms with E-state index in [-0.39, 0.29) is 24.0 Å². The van der Waals surface area contributed by atoms with Crippen molar-refractivity contribution in [3.63, 3.8) is 0 Å².